The molecule has 1 aromatic heterocycles. The molecule has 0 bridgehead atoms. The molecule has 100 valence electrons. The Morgan fingerprint density at radius 3 is 2.83 bits per heavy atom. The first-order chi connectivity index (χ1) is 8.47. The van der Waals surface area contributed by atoms with Gasteiger partial charge in [-0.2, -0.15) is 0 Å². The Morgan fingerprint density at radius 2 is 2.22 bits per heavy atom. The Labute approximate surface area is 114 Å². The van der Waals surface area contributed by atoms with Gasteiger partial charge in [-0.15, -0.1) is 0 Å². The van der Waals surface area contributed by atoms with Crippen LogP contribution in [-0.4, -0.2) is 17.0 Å². The molecular formula is C12H18BrN3O2. The fourth-order valence-electron chi connectivity index (χ4n) is 1.47. The molecule has 1 aromatic rings. The molecule has 0 radical (unpaired) electrons. The number of pyridine rings is 1. The number of anilines is 1. The van der Waals surface area contributed by atoms with Crippen LogP contribution >= 0.6 is 15.9 Å². The van der Waals surface area contributed by atoms with Crippen LogP contribution in [0.5, 0.6) is 0 Å². The van der Waals surface area contributed by atoms with Crippen LogP contribution in [0.1, 0.15) is 25.3 Å². The molecule has 0 saturated heterocycles. The third kappa shape index (κ3) is 3.60. The Kier molecular flexibility index (Phi) is 5.40. The van der Waals surface area contributed by atoms with E-state index in [0.29, 0.717) is 22.3 Å². The predicted octanol–water partition coefficient (Wildman–Crippen LogP) is 1.42. The number of hydrogen-bond donors (Lipinski definition) is 2. The van der Waals surface area contributed by atoms with Crippen molar-refractivity contribution in [2.75, 3.05) is 12.3 Å². The molecule has 0 fully saturated rings. The summed E-state index contributed by atoms with van der Waals surface area (Å²) in [5, 5.41) is 2.76. The maximum atomic E-state index is 11.9. The number of halogens is 1. The molecule has 0 saturated carbocycles. The summed E-state index contributed by atoms with van der Waals surface area (Å²) in [4.78, 5) is 23.5. The van der Waals surface area contributed by atoms with E-state index in [2.05, 4.69) is 28.2 Å². The quantitative estimate of drug-likeness (QED) is 0.807. The lowest BCUT2D eigenvalue weighted by Gasteiger charge is -2.10. The second kappa shape index (κ2) is 6.58. The largest absolute Gasteiger partial charge is 0.397 e. The predicted molar refractivity (Wildman–Crippen MR) is 75.5 cm³/mol. The molecule has 0 atom stereocenters. The second-order valence-corrected chi connectivity index (χ2v) is 4.95. The molecule has 0 spiro atoms. The highest BCUT2D eigenvalue weighted by Crippen LogP contribution is 2.16. The normalized spacial score (nSPS) is 10.4. The van der Waals surface area contributed by atoms with Crippen molar-refractivity contribution in [1.29, 1.82) is 0 Å². The van der Waals surface area contributed by atoms with E-state index in [4.69, 9.17) is 5.73 Å². The Bertz CT molecular complexity index is 497. The van der Waals surface area contributed by atoms with E-state index >= 15 is 0 Å². The van der Waals surface area contributed by atoms with Gasteiger partial charge in [-0.1, -0.05) is 13.3 Å². The molecular weight excluding hydrogens is 298 g/mol. The zero-order valence-corrected chi connectivity index (χ0v) is 12.2. The molecule has 1 heterocycles. The molecule has 3 N–H and O–H groups in total. The number of aromatic nitrogens is 1. The number of nitrogens with zero attached hydrogens (tertiary/aromatic N) is 1. The topological polar surface area (TPSA) is 77.1 Å². The average molecular weight is 316 g/mol. The van der Waals surface area contributed by atoms with Gasteiger partial charge < -0.3 is 15.6 Å². The zero-order valence-electron chi connectivity index (χ0n) is 10.6. The summed E-state index contributed by atoms with van der Waals surface area (Å²) in [5.41, 5.74) is 6.71. The first-order valence-electron chi connectivity index (χ1n) is 5.89. The summed E-state index contributed by atoms with van der Waals surface area (Å²) in [5.74, 6) is -0.180. The van der Waals surface area contributed by atoms with Crippen molar-refractivity contribution in [3.8, 4) is 0 Å². The number of unbranched alkanes of at least 4 members (excludes halogenated alkanes) is 1. The minimum atomic E-state index is -0.243. The van der Waals surface area contributed by atoms with E-state index in [0.717, 1.165) is 12.8 Å². The molecule has 0 aliphatic carbocycles. The van der Waals surface area contributed by atoms with E-state index < -0.39 is 0 Å². The van der Waals surface area contributed by atoms with Gasteiger partial charge in [0.05, 0.1) is 10.2 Å². The van der Waals surface area contributed by atoms with Crippen molar-refractivity contribution in [3.63, 3.8) is 0 Å². The van der Waals surface area contributed by atoms with Crippen LogP contribution in [0.15, 0.2) is 15.5 Å². The fourth-order valence-corrected chi connectivity index (χ4v) is 1.93. The summed E-state index contributed by atoms with van der Waals surface area (Å²) in [6, 6.07) is 0. The van der Waals surface area contributed by atoms with E-state index in [1.165, 1.54) is 10.8 Å². The van der Waals surface area contributed by atoms with Crippen LogP contribution in [0.4, 0.5) is 5.69 Å². The van der Waals surface area contributed by atoms with Crippen LogP contribution in [0.25, 0.3) is 0 Å². The summed E-state index contributed by atoms with van der Waals surface area (Å²) < 4.78 is 1.72. The van der Waals surface area contributed by atoms with Crippen LogP contribution in [-0.2, 0) is 11.3 Å². The molecule has 0 aliphatic rings. The summed E-state index contributed by atoms with van der Waals surface area (Å²) in [6.45, 7) is 4.43. The monoisotopic (exact) mass is 315 g/mol. The molecule has 5 nitrogen and oxygen atoms in total. The molecule has 0 aliphatic heterocycles. The van der Waals surface area contributed by atoms with Gasteiger partial charge in [0.15, 0.2) is 0 Å². The van der Waals surface area contributed by atoms with E-state index in [1.807, 2.05) is 0 Å². The van der Waals surface area contributed by atoms with Crippen molar-refractivity contribution in [2.45, 2.75) is 33.2 Å². The standard InChI is InChI=1S/C12H18BrN3O2/c1-3-4-5-15-10(17)7-16-6-9(14)8(2)11(13)12(16)18/h6H,3-5,7,14H2,1-2H3,(H,15,17). The number of amides is 1. The molecule has 0 unspecified atom stereocenters. The maximum absolute atomic E-state index is 11.9. The first-order valence-corrected chi connectivity index (χ1v) is 6.68. The number of nitrogen functional groups attached to an aromatic ring is 1. The SMILES string of the molecule is CCCCNC(=O)Cn1cc(N)c(C)c(Br)c1=O. The van der Waals surface area contributed by atoms with Gasteiger partial charge in [0.2, 0.25) is 5.91 Å². The molecule has 18 heavy (non-hydrogen) atoms. The van der Waals surface area contributed by atoms with E-state index in [9.17, 15) is 9.59 Å². The van der Waals surface area contributed by atoms with Crippen molar-refractivity contribution >= 4 is 27.5 Å². The van der Waals surface area contributed by atoms with E-state index in [1.54, 1.807) is 6.92 Å². The number of rotatable bonds is 5. The second-order valence-electron chi connectivity index (χ2n) is 4.16. The van der Waals surface area contributed by atoms with Gasteiger partial charge >= 0.3 is 0 Å². The lowest BCUT2D eigenvalue weighted by atomic mass is 10.2. The molecule has 0 aromatic carbocycles. The van der Waals surface area contributed by atoms with Gasteiger partial charge in [-0.3, -0.25) is 9.59 Å². The first kappa shape index (κ1) is 14.8. The third-order valence-corrected chi connectivity index (χ3v) is 3.61. The lowest BCUT2D eigenvalue weighted by Crippen LogP contribution is -2.33. The van der Waals surface area contributed by atoms with Crippen LogP contribution in [0, 0.1) is 6.92 Å². The zero-order chi connectivity index (χ0) is 13.7. The Morgan fingerprint density at radius 1 is 1.56 bits per heavy atom. The summed E-state index contributed by atoms with van der Waals surface area (Å²) in [6.07, 6.45) is 3.45. The van der Waals surface area contributed by atoms with Crippen molar-refractivity contribution in [2.24, 2.45) is 0 Å². The molecule has 6 heteroatoms. The number of nitrogens with one attached hydrogen (secondary N) is 1. The van der Waals surface area contributed by atoms with Crippen molar-refractivity contribution in [1.82, 2.24) is 9.88 Å². The highest BCUT2D eigenvalue weighted by atomic mass is 79.9. The minimum absolute atomic E-state index is 0.00831. The Hall–Kier alpha value is -1.30. The maximum Gasteiger partial charge on any atom is 0.265 e. The third-order valence-electron chi connectivity index (χ3n) is 2.67. The molecule has 1 rings (SSSR count). The number of nitrogens with two attached hydrogens (primary N) is 1. The van der Waals surface area contributed by atoms with E-state index in [-0.39, 0.29) is 18.0 Å². The fraction of sp³-hybridized carbons (Fsp3) is 0.500. The molecule has 1 amide bonds. The smallest absolute Gasteiger partial charge is 0.265 e. The van der Waals surface area contributed by atoms with Gasteiger partial charge in [-0.25, -0.2) is 0 Å². The lowest BCUT2D eigenvalue weighted by molar-refractivity contribution is -0.121. The van der Waals surface area contributed by atoms with Crippen molar-refractivity contribution < 1.29 is 4.79 Å². The van der Waals surface area contributed by atoms with Crippen LogP contribution < -0.4 is 16.6 Å². The van der Waals surface area contributed by atoms with Gasteiger partial charge in [0.25, 0.3) is 5.56 Å². The summed E-state index contributed by atoms with van der Waals surface area (Å²) in [7, 11) is 0. The number of carbonyl (C=O) groups is 1. The average Bonchev–Trinajstić information content (AvgIpc) is 2.33. The van der Waals surface area contributed by atoms with Crippen LogP contribution in [0.2, 0.25) is 0 Å². The van der Waals surface area contributed by atoms with Gasteiger partial charge in [0, 0.05) is 12.7 Å². The van der Waals surface area contributed by atoms with Gasteiger partial charge in [-0.05, 0) is 34.8 Å². The highest BCUT2D eigenvalue weighted by molar-refractivity contribution is 9.10. The Balaban J connectivity index is 2.80. The number of carbonyl (C=O) groups excluding carboxylic acids is 1. The minimum Gasteiger partial charge on any atom is -0.397 e. The van der Waals surface area contributed by atoms with Crippen molar-refractivity contribution in [3.05, 3.63) is 26.6 Å². The summed E-state index contributed by atoms with van der Waals surface area (Å²) >= 11 is 3.19. The highest BCUT2D eigenvalue weighted by Gasteiger charge is 2.10. The van der Waals surface area contributed by atoms with Crippen LogP contribution in [0.3, 0.4) is 0 Å². The van der Waals surface area contributed by atoms with Gasteiger partial charge in [0.1, 0.15) is 6.54 Å². The number of hydrogen-bond acceptors (Lipinski definition) is 3.